The summed E-state index contributed by atoms with van der Waals surface area (Å²) in [6, 6.07) is 1.96. The maximum absolute atomic E-state index is 14.2. The third-order valence-corrected chi connectivity index (χ3v) is 4.64. The van der Waals surface area contributed by atoms with Gasteiger partial charge in [-0.1, -0.05) is 6.08 Å². The van der Waals surface area contributed by atoms with Crippen LogP contribution in [0.2, 0.25) is 0 Å². The van der Waals surface area contributed by atoms with Crippen molar-refractivity contribution in [2.45, 2.75) is 63.9 Å². The van der Waals surface area contributed by atoms with Crippen molar-refractivity contribution < 1.29 is 27.1 Å². The molecule has 2 aliphatic rings. The van der Waals surface area contributed by atoms with Gasteiger partial charge in [0.2, 0.25) is 0 Å². The van der Waals surface area contributed by atoms with Crippen LogP contribution in [0.15, 0.2) is 24.3 Å². The lowest BCUT2D eigenvalue weighted by Gasteiger charge is -2.35. The molecule has 142 valence electrons. The topological polar surface area (TPSA) is 29.5 Å². The molecule has 1 aromatic carbocycles. The molecule has 2 aliphatic heterocycles. The maximum atomic E-state index is 14.2. The van der Waals surface area contributed by atoms with Crippen LogP contribution in [-0.4, -0.2) is 28.7 Å². The molecular weight excluding hydrogens is 350 g/mol. The number of carbonyl (C=O) groups excluding carboxylic acids is 1. The SMILES string of the molecule is CC(C)(C)OC(=O)N1C2C=C(c3cc(C(F)(F)F)ccc3F)CC1CC2. The monoisotopic (exact) mass is 371 g/mol. The van der Waals surface area contributed by atoms with Crippen molar-refractivity contribution >= 4 is 11.7 Å². The van der Waals surface area contributed by atoms with Crippen molar-refractivity contribution in [1.82, 2.24) is 4.90 Å². The second-order valence-electron chi connectivity index (χ2n) is 7.77. The molecule has 2 unspecified atom stereocenters. The zero-order valence-corrected chi connectivity index (χ0v) is 14.9. The molecule has 3 nitrogen and oxygen atoms in total. The largest absolute Gasteiger partial charge is 0.444 e. The van der Waals surface area contributed by atoms with E-state index in [1.165, 1.54) is 0 Å². The van der Waals surface area contributed by atoms with E-state index in [4.69, 9.17) is 4.74 Å². The molecule has 0 saturated carbocycles. The van der Waals surface area contributed by atoms with Gasteiger partial charge in [-0.2, -0.15) is 13.2 Å². The summed E-state index contributed by atoms with van der Waals surface area (Å²) >= 11 is 0. The van der Waals surface area contributed by atoms with E-state index in [0.29, 0.717) is 24.8 Å². The summed E-state index contributed by atoms with van der Waals surface area (Å²) in [6.45, 7) is 5.32. The van der Waals surface area contributed by atoms with Gasteiger partial charge in [-0.05, 0) is 63.8 Å². The van der Waals surface area contributed by atoms with Crippen molar-refractivity contribution in [3.63, 3.8) is 0 Å². The van der Waals surface area contributed by atoms with E-state index in [1.807, 2.05) is 0 Å². The number of hydrogen-bond donors (Lipinski definition) is 0. The van der Waals surface area contributed by atoms with E-state index in [1.54, 1.807) is 31.7 Å². The van der Waals surface area contributed by atoms with Gasteiger partial charge in [-0.3, -0.25) is 4.90 Å². The summed E-state index contributed by atoms with van der Waals surface area (Å²) in [7, 11) is 0. The number of nitrogens with zero attached hydrogens (tertiary/aromatic N) is 1. The third-order valence-electron chi connectivity index (χ3n) is 4.64. The van der Waals surface area contributed by atoms with Crippen molar-refractivity contribution in [3.05, 3.63) is 41.2 Å². The second kappa shape index (κ2) is 6.28. The number of hydrogen-bond acceptors (Lipinski definition) is 2. The van der Waals surface area contributed by atoms with Crippen LogP contribution >= 0.6 is 0 Å². The molecular formula is C19H21F4NO2. The lowest BCUT2D eigenvalue weighted by molar-refractivity contribution is -0.137. The first-order valence-corrected chi connectivity index (χ1v) is 8.55. The van der Waals surface area contributed by atoms with E-state index < -0.39 is 29.3 Å². The highest BCUT2D eigenvalue weighted by molar-refractivity contribution is 5.75. The normalized spacial score (nSPS) is 23.0. The summed E-state index contributed by atoms with van der Waals surface area (Å²) in [5, 5.41) is 0. The minimum Gasteiger partial charge on any atom is -0.444 e. The van der Waals surface area contributed by atoms with E-state index in [-0.39, 0.29) is 17.6 Å². The number of rotatable bonds is 1. The number of amides is 1. The van der Waals surface area contributed by atoms with Gasteiger partial charge in [0.1, 0.15) is 11.4 Å². The van der Waals surface area contributed by atoms with E-state index >= 15 is 0 Å². The van der Waals surface area contributed by atoms with Crippen LogP contribution in [-0.2, 0) is 10.9 Å². The molecule has 0 aromatic heterocycles. The Morgan fingerprint density at radius 3 is 2.46 bits per heavy atom. The first-order chi connectivity index (χ1) is 12.0. The molecule has 2 heterocycles. The van der Waals surface area contributed by atoms with Crippen molar-refractivity contribution in [3.8, 4) is 0 Å². The molecule has 1 aromatic rings. The minimum atomic E-state index is -4.53. The van der Waals surface area contributed by atoms with Crippen LogP contribution in [0.4, 0.5) is 22.4 Å². The smallest absolute Gasteiger partial charge is 0.416 e. The van der Waals surface area contributed by atoms with Crippen LogP contribution in [0.25, 0.3) is 5.57 Å². The first kappa shape index (κ1) is 18.7. The molecule has 2 atom stereocenters. The predicted octanol–water partition coefficient (Wildman–Crippen LogP) is 5.40. The number of carbonyl (C=O) groups is 1. The third kappa shape index (κ3) is 3.71. The average molecular weight is 371 g/mol. The number of fused-ring (bicyclic) bond motifs is 2. The predicted molar refractivity (Wildman–Crippen MR) is 88.9 cm³/mol. The molecule has 0 N–H and O–H groups in total. The van der Waals surface area contributed by atoms with Gasteiger partial charge in [0, 0.05) is 11.6 Å². The molecule has 7 heteroatoms. The quantitative estimate of drug-likeness (QED) is 0.619. The molecule has 0 radical (unpaired) electrons. The Kier molecular flexibility index (Phi) is 4.53. The van der Waals surface area contributed by atoms with Gasteiger partial charge < -0.3 is 4.74 Å². The number of halogens is 4. The Labute approximate surface area is 149 Å². The summed E-state index contributed by atoms with van der Waals surface area (Å²) < 4.78 is 58.4. The average Bonchev–Trinajstić information content (AvgIpc) is 2.75. The fourth-order valence-electron chi connectivity index (χ4n) is 3.58. The van der Waals surface area contributed by atoms with Gasteiger partial charge in [0.15, 0.2) is 0 Å². The highest BCUT2D eigenvalue weighted by Gasteiger charge is 2.42. The minimum absolute atomic E-state index is 0.0411. The molecule has 1 fully saturated rings. The molecule has 1 amide bonds. The second-order valence-corrected chi connectivity index (χ2v) is 7.77. The molecule has 26 heavy (non-hydrogen) atoms. The van der Waals surface area contributed by atoms with Crippen LogP contribution in [0.1, 0.15) is 51.2 Å². The fourth-order valence-corrected chi connectivity index (χ4v) is 3.58. The Morgan fingerprint density at radius 2 is 1.88 bits per heavy atom. The van der Waals surface area contributed by atoms with E-state index in [2.05, 4.69) is 0 Å². The molecule has 3 rings (SSSR count). The van der Waals surface area contributed by atoms with Gasteiger partial charge in [-0.15, -0.1) is 0 Å². The van der Waals surface area contributed by atoms with Gasteiger partial charge in [-0.25, -0.2) is 9.18 Å². The fraction of sp³-hybridized carbons (Fsp3) is 0.526. The maximum Gasteiger partial charge on any atom is 0.416 e. The zero-order valence-electron chi connectivity index (χ0n) is 14.9. The first-order valence-electron chi connectivity index (χ1n) is 8.55. The lowest BCUT2D eigenvalue weighted by Crippen LogP contribution is -2.45. The summed E-state index contributed by atoms with van der Waals surface area (Å²) in [4.78, 5) is 14.0. The molecule has 0 spiro atoms. The number of ether oxygens (including phenoxy) is 1. The zero-order chi connectivity index (χ0) is 19.3. The van der Waals surface area contributed by atoms with Gasteiger partial charge >= 0.3 is 12.3 Å². The summed E-state index contributed by atoms with van der Waals surface area (Å²) in [6.07, 6.45) is -1.55. The molecule has 1 saturated heterocycles. The van der Waals surface area contributed by atoms with E-state index in [0.717, 1.165) is 18.2 Å². The number of alkyl halides is 3. The van der Waals surface area contributed by atoms with Crippen molar-refractivity contribution in [1.29, 1.82) is 0 Å². The Balaban J connectivity index is 1.89. The van der Waals surface area contributed by atoms with Gasteiger partial charge in [0.25, 0.3) is 0 Å². The Morgan fingerprint density at radius 1 is 1.19 bits per heavy atom. The van der Waals surface area contributed by atoms with Crippen LogP contribution in [0.5, 0.6) is 0 Å². The highest BCUT2D eigenvalue weighted by Crippen LogP contribution is 2.41. The lowest BCUT2D eigenvalue weighted by atomic mass is 9.93. The summed E-state index contributed by atoms with van der Waals surface area (Å²) in [5.74, 6) is -0.686. The standard InChI is InChI=1S/C19H21F4NO2/c1-18(2,3)26-17(25)24-13-5-6-14(24)9-11(8-13)15-10-12(19(21,22)23)4-7-16(15)20/h4,7-8,10,13-14H,5-6,9H2,1-3H3. The van der Waals surface area contributed by atoms with Crippen LogP contribution < -0.4 is 0 Å². The van der Waals surface area contributed by atoms with Crippen molar-refractivity contribution in [2.24, 2.45) is 0 Å². The Hall–Kier alpha value is -2.05. The van der Waals surface area contributed by atoms with Crippen LogP contribution in [0, 0.1) is 5.82 Å². The summed E-state index contributed by atoms with van der Waals surface area (Å²) in [5.41, 5.74) is -1.04. The highest BCUT2D eigenvalue weighted by atomic mass is 19.4. The molecule has 0 aliphatic carbocycles. The van der Waals surface area contributed by atoms with Crippen molar-refractivity contribution in [2.75, 3.05) is 0 Å². The Bertz CT molecular complexity index is 749. The molecule has 2 bridgehead atoms. The van der Waals surface area contributed by atoms with Crippen LogP contribution in [0.3, 0.4) is 0 Å². The number of benzene rings is 1. The van der Waals surface area contributed by atoms with E-state index in [9.17, 15) is 22.4 Å². The van der Waals surface area contributed by atoms with Gasteiger partial charge in [0.05, 0.1) is 11.6 Å².